The third kappa shape index (κ3) is 10.7. The van der Waals surface area contributed by atoms with Gasteiger partial charge in [-0.2, -0.15) is 5.06 Å². The minimum absolute atomic E-state index is 0.145. The fraction of sp³-hybridized carbons (Fsp3) is 0.968. The molecule has 35 heavy (non-hydrogen) atoms. The lowest BCUT2D eigenvalue weighted by atomic mass is 9.69. The highest BCUT2D eigenvalue weighted by atomic mass is 16.7. The summed E-state index contributed by atoms with van der Waals surface area (Å²) in [4.78, 5) is 18.9. The van der Waals surface area contributed by atoms with Crippen LogP contribution in [0, 0.1) is 11.8 Å². The van der Waals surface area contributed by atoms with Crippen LogP contribution < -0.4 is 0 Å². The van der Waals surface area contributed by atoms with Gasteiger partial charge in [-0.05, 0) is 65.7 Å². The Kier molecular flexibility index (Phi) is 13.6. The first-order chi connectivity index (χ1) is 16.7. The van der Waals surface area contributed by atoms with Gasteiger partial charge in [0.25, 0.3) is 0 Å². The number of carboxylic acids is 1. The highest BCUT2D eigenvalue weighted by Crippen LogP contribution is 2.46. The summed E-state index contributed by atoms with van der Waals surface area (Å²) < 4.78 is 0. The SMILES string of the molecule is CCCCCCCCCCCCCCC(C(=O)O)C1CC(C)(C)N(OC2CCCCC2)C(C)(C)C1. The quantitative estimate of drug-likeness (QED) is 0.205. The van der Waals surface area contributed by atoms with Crippen molar-refractivity contribution in [2.24, 2.45) is 11.8 Å². The third-order valence-corrected chi connectivity index (χ3v) is 8.68. The Morgan fingerprint density at radius 2 is 1.26 bits per heavy atom. The Labute approximate surface area is 217 Å². The van der Waals surface area contributed by atoms with Crippen LogP contribution in [0.4, 0.5) is 0 Å². The maximum Gasteiger partial charge on any atom is 0.306 e. The van der Waals surface area contributed by atoms with E-state index in [1.54, 1.807) is 0 Å². The Bertz CT molecular complexity index is 564. The smallest absolute Gasteiger partial charge is 0.306 e. The normalized spacial score (nSPS) is 22.3. The first-order valence-electron chi connectivity index (χ1n) is 15.4. The molecule has 1 atom stereocenters. The largest absolute Gasteiger partial charge is 0.481 e. The van der Waals surface area contributed by atoms with Crippen LogP contribution in [-0.4, -0.2) is 33.3 Å². The van der Waals surface area contributed by atoms with E-state index in [0.29, 0.717) is 6.10 Å². The number of nitrogens with zero attached hydrogens (tertiary/aromatic N) is 1. The average Bonchev–Trinajstić information content (AvgIpc) is 2.79. The van der Waals surface area contributed by atoms with Crippen molar-refractivity contribution in [3.05, 3.63) is 0 Å². The zero-order valence-electron chi connectivity index (χ0n) is 24.1. The van der Waals surface area contributed by atoms with Gasteiger partial charge in [0.15, 0.2) is 0 Å². The molecule has 0 aromatic heterocycles. The first-order valence-corrected chi connectivity index (χ1v) is 15.4. The molecule has 0 radical (unpaired) electrons. The molecule has 0 amide bonds. The van der Waals surface area contributed by atoms with E-state index >= 15 is 0 Å². The van der Waals surface area contributed by atoms with Crippen LogP contribution in [0.2, 0.25) is 0 Å². The molecular weight excluding hydrogens is 434 g/mol. The summed E-state index contributed by atoms with van der Waals surface area (Å²) in [6, 6.07) is 0. The second-order valence-electron chi connectivity index (χ2n) is 13.1. The molecule has 1 aliphatic carbocycles. The van der Waals surface area contributed by atoms with Crippen molar-refractivity contribution in [2.75, 3.05) is 0 Å². The number of hydrogen-bond acceptors (Lipinski definition) is 3. The Balaban J connectivity index is 1.73. The molecule has 0 bridgehead atoms. The van der Waals surface area contributed by atoms with E-state index in [0.717, 1.165) is 38.5 Å². The van der Waals surface area contributed by atoms with E-state index in [1.807, 2.05) is 0 Å². The van der Waals surface area contributed by atoms with Crippen molar-refractivity contribution in [3.63, 3.8) is 0 Å². The fourth-order valence-corrected chi connectivity index (χ4v) is 7.00. The van der Waals surface area contributed by atoms with Crippen molar-refractivity contribution in [3.8, 4) is 0 Å². The van der Waals surface area contributed by atoms with Crippen molar-refractivity contribution in [1.29, 1.82) is 0 Å². The molecule has 1 unspecified atom stereocenters. The van der Waals surface area contributed by atoms with Crippen molar-refractivity contribution < 1.29 is 14.7 Å². The lowest BCUT2D eigenvalue weighted by molar-refractivity contribution is -0.315. The van der Waals surface area contributed by atoms with Crippen LogP contribution >= 0.6 is 0 Å². The van der Waals surface area contributed by atoms with Gasteiger partial charge >= 0.3 is 5.97 Å². The molecule has 4 heteroatoms. The lowest BCUT2D eigenvalue weighted by Crippen LogP contribution is -2.62. The summed E-state index contributed by atoms with van der Waals surface area (Å²) in [5.74, 6) is -0.601. The van der Waals surface area contributed by atoms with Gasteiger partial charge in [0.1, 0.15) is 0 Å². The summed E-state index contributed by atoms with van der Waals surface area (Å²) in [7, 11) is 0. The molecule has 1 N–H and O–H groups in total. The van der Waals surface area contributed by atoms with Crippen LogP contribution in [0.15, 0.2) is 0 Å². The van der Waals surface area contributed by atoms with Crippen LogP contribution in [0.5, 0.6) is 0 Å². The summed E-state index contributed by atoms with van der Waals surface area (Å²) in [5, 5.41) is 12.4. The van der Waals surface area contributed by atoms with Crippen LogP contribution in [-0.2, 0) is 9.63 Å². The molecule has 0 aromatic carbocycles. The number of hydroxylamine groups is 2. The molecule has 1 saturated carbocycles. The molecule has 1 heterocycles. The highest BCUT2D eigenvalue weighted by Gasteiger charge is 2.50. The van der Waals surface area contributed by atoms with Gasteiger partial charge in [0.05, 0.1) is 12.0 Å². The van der Waals surface area contributed by atoms with E-state index in [2.05, 4.69) is 39.7 Å². The standard InChI is InChI=1S/C31H59NO3/c1-6-7-8-9-10-11-12-13-14-15-16-20-23-28(29(33)34)26-24-30(2,3)32(31(4,5)25-26)35-27-21-18-17-19-22-27/h26-28H,6-25H2,1-5H3,(H,33,34). The van der Waals surface area contributed by atoms with Gasteiger partial charge in [-0.15, -0.1) is 0 Å². The van der Waals surface area contributed by atoms with Gasteiger partial charge in [0.2, 0.25) is 0 Å². The van der Waals surface area contributed by atoms with Gasteiger partial charge in [-0.3, -0.25) is 9.63 Å². The number of piperidine rings is 1. The zero-order valence-corrected chi connectivity index (χ0v) is 24.1. The fourth-order valence-electron chi connectivity index (χ4n) is 7.00. The number of unbranched alkanes of at least 4 members (excludes halogenated alkanes) is 11. The minimum Gasteiger partial charge on any atom is -0.481 e. The number of carbonyl (C=O) groups is 1. The topological polar surface area (TPSA) is 49.8 Å². The molecule has 2 fully saturated rings. The maximum absolute atomic E-state index is 12.3. The predicted molar refractivity (Wildman–Crippen MR) is 147 cm³/mol. The van der Waals surface area contributed by atoms with Gasteiger partial charge < -0.3 is 5.11 Å². The molecule has 2 rings (SSSR count). The van der Waals surface area contributed by atoms with E-state index in [9.17, 15) is 9.90 Å². The van der Waals surface area contributed by atoms with E-state index in [1.165, 1.54) is 89.9 Å². The lowest BCUT2D eigenvalue weighted by Gasteiger charge is -2.55. The molecular formula is C31H59NO3. The molecule has 1 saturated heterocycles. The number of carboxylic acid groups (broad SMARTS) is 1. The second-order valence-corrected chi connectivity index (χ2v) is 13.1. The Morgan fingerprint density at radius 3 is 1.71 bits per heavy atom. The van der Waals surface area contributed by atoms with Crippen molar-refractivity contribution in [2.45, 2.75) is 180 Å². The average molecular weight is 494 g/mol. The summed E-state index contributed by atoms with van der Waals surface area (Å²) >= 11 is 0. The van der Waals surface area contributed by atoms with Crippen LogP contribution in [0.3, 0.4) is 0 Å². The predicted octanol–water partition coefficient (Wildman–Crippen LogP) is 9.31. The van der Waals surface area contributed by atoms with Crippen molar-refractivity contribution >= 4 is 5.97 Å². The Hall–Kier alpha value is -0.610. The molecule has 0 aromatic rings. The van der Waals surface area contributed by atoms with E-state index in [4.69, 9.17) is 4.84 Å². The summed E-state index contributed by atoms with van der Waals surface area (Å²) in [6.07, 6.45) is 25.0. The van der Waals surface area contributed by atoms with Crippen LogP contribution in [0.25, 0.3) is 0 Å². The van der Waals surface area contributed by atoms with Gasteiger partial charge in [0, 0.05) is 11.1 Å². The minimum atomic E-state index is -0.591. The highest BCUT2D eigenvalue weighted by molar-refractivity contribution is 5.70. The maximum atomic E-state index is 12.3. The number of hydrogen-bond donors (Lipinski definition) is 1. The molecule has 0 spiro atoms. The zero-order chi connectivity index (χ0) is 25.7. The Morgan fingerprint density at radius 1 is 0.800 bits per heavy atom. The third-order valence-electron chi connectivity index (χ3n) is 8.68. The van der Waals surface area contributed by atoms with E-state index < -0.39 is 5.97 Å². The molecule has 1 aliphatic heterocycles. The summed E-state index contributed by atoms with van der Waals surface area (Å²) in [5.41, 5.74) is -0.289. The molecule has 4 nitrogen and oxygen atoms in total. The van der Waals surface area contributed by atoms with Gasteiger partial charge in [-0.1, -0.05) is 103 Å². The number of rotatable bonds is 17. The number of aliphatic carboxylic acids is 1. The first kappa shape index (κ1) is 30.6. The summed E-state index contributed by atoms with van der Waals surface area (Å²) in [6.45, 7) is 11.3. The molecule has 206 valence electrons. The van der Waals surface area contributed by atoms with Crippen LogP contribution in [0.1, 0.15) is 163 Å². The van der Waals surface area contributed by atoms with Gasteiger partial charge in [-0.25, -0.2) is 0 Å². The molecule has 2 aliphatic rings. The monoisotopic (exact) mass is 493 g/mol. The second kappa shape index (κ2) is 15.6. The van der Waals surface area contributed by atoms with E-state index in [-0.39, 0.29) is 22.9 Å². The van der Waals surface area contributed by atoms with Crippen molar-refractivity contribution in [1.82, 2.24) is 5.06 Å².